The molecule has 0 aliphatic rings. The molecule has 0 spiro atoms. The van der Waals surface area contributed by atoms with Gasteiger partial charge >= 0.3 is 12.5 Å². The van der Waals surface area contributed by atoms with Crippen molar-refractivity contribution in [3.8, 4) is 5.75 Å². The van der Waals surface area contributed by atoms with Crippen molar-refractivity contribution >= 4 is 38.9 Å². The van der Waals surface area contributed by atoms with Crippen LogP contribution >= 0.6 is 11.6 Å². The van der Waals surface area contributed by atoms with Crippen LogP contribution in [0.5, 0.6) is 5.75 Å². The standard InChI is InChI=1S/C18H15ClF6N2O4S/c1-10(16(28)26-11-3-6-13(7-4-11)31-18(23,24)25)27(32(2,29)30)12-5-8-15(19)14(9-12)17(20,21)22/h3-10H,1-2H3,(H,26,28)/t10-/m0/s1. The predicted molar refractivity (Wildman–Crippen MR) is 105 cm³/mol. The third kappa shape index (κ3) is 6.66. The topological polar surface area (TPSA) is 75.7 Å². The van der Waals surface area contributed by atoms with Crippen molar-refractivity contribution in [3.63, 3.8) is 0 Å². The summed E-state index contributed by atoms with van der Waals surface area (Å²) in [5.74, 6) is -1.51. The fourth-order valence-corrected chi connectivity index (χ4v) is 4.05. The van der Waals surface area contributed by atoms with E-state index in [0.29, 0.717) is 16.6 Å². The molecule has 176 valence electrons. The summed E-state index contributed by atoms with van der Waals surface area (Å²) in [7, 11) is -4.24. The van der Waals surface area contributed by atoms with Gasteiger partial charge in [-0.1, -0.05) is 11.6 Å². The Balaban J connectivity index is 2.31. The predicted octanol–water partition coefficient (Wildman–Crippen LogP) is 5.05. The van der Waals surface area contributed by atoms with E-state index in [9.17, 15) is 39.6 Å². The van der Waals surface area contributed by atoms with Crippen molar-refractivity contribution < 1.29 is 44.3 Å². The molecule has 2 aromatic carbocycles. The highest BCUT2D eigenvalue weighted by molar-refractivity contribution is 7.92. The minimum absolute atomic E-state index is 0.00286. The molecule has 0 aromatic heterocycles. The minimum Gasteiger partial charge on any atom is -0.406 e. The fourth-order valence-electron chi connectivity index (χ4n) is 2.66. The average molecular weight is 505 g/mol. The van der Waals surface area contributed by atoms with E-state index in [1.807, 2.05) is 0 Å². The highest BCUT2D eigenvalue weighted by Gasteiger charge is 2.36. The lowest BCUT2D eigenvalue weighted by atomic mass is 10.1. The molecule has 1 N–H and O–H groups in total. The highest BCUT2D eigenvalue weighted by Crippen LogP contribution is 2.38. The first-order valence-electron chi connectivity index (χ1n) is 8.52. The first-order valence-corrected chi connectivity index (χ1v) is 10.7. The second kappa shape index (κ2) is 9.06. The lowest BCUT2D eigenvalue weighted by Gasteiger charge is -2.29. The van der Waals surface area contributed by atoms with Crippen LogP contribution in [0.3, 0.4) is 0 Å². The molecule has 0 saturated carbocycles. The molecule has 0 fully saturated rings. The Morgan fingerprint density at radius 2 is 1.62 bits per heavy atom. The van der Waals surface area contributed by atoms with Crippen molar-refractivity contribution in [1.29, 1.82) is 0 Å². The van der Waals surface area contributed by atoms with Gasteiger partial charge in [0.1, 0.15) is 11.8 Å². The van der Waals surface area contributed by atoms with Gasteiger partial charge in [-0.2, -0.15) is 13.2 Å². The van der Waals surface area contributed by atoms with Crippen molar-refractivity contribution in [2.24, 2.45) is 0 Å². The summed E-state index contributed by atoms with van der Waals surface area (Å²) in [4.78, 5) is 12.6. The first kappa shape index (κ1) is 25.6. The van der Waals surface area contributed by atoms with Crippen molar-refractivity contribution in [1.82, 2.24) is 0 Å². The van der Waals surface area contributed by atoms with Gasteiger partial charge in [-0.3, -0.25) is 9.10 Å². The Labute approximate surface area is 183 Å². The van der Waals surface area contributed by atoms with Crippen LogP contribution in [0.15, 0.2) is 42.5 Å². The normalized spacial score (nSPS) is 13.4. The fraction of sp³-hybridized carbons (Fsp3) is 0.278. The van der Waals surface area contributed by atoms with Gasteiger partial charge in [0.05, 0.1) is 22.5 Å². The van der Waals surface area contributed by atoms with E-state index in [1.165, 1.54) is 0 Å². The molecule has 6 nitrogen and oxygen atoms in total. The highest BCUT2D eigenvalue weighted by atomic mass is 35.5. The summed E-state index contributed by atoms with van der Waals surface area (Å²) in [5, 5.41) is 1.62. The number of amides is 1. The maximum Gasteiger partial charge on any atom is 0.573 e. The summed E-state index contributed by atoms with van der Waals surface area (Å²) in [6.45, 7) is 1.12. The maximum atomic E-state index is 13.2. The van der Waals surface area contributed by atoms with Crippen molar-refractivity contribution in [2.75, 3.05) is 15.9 Å². The third-order valence-electron chi connectivity index (χ3n) is 3.95. The molecule has 0 heterocycles. The summed E-state index contributed by atoms with van der Waals surface area (Å²) in [6, 6.07) is 4.79. The number of ether oxygens (including phenoxy) is 1. The molecule has 1 amide bonds. The van der Waals surface area contributed by atoms with Gasteiger partial charge in [-0.05, 0) is 49.4 Å². The van der Waals surface area contributed by atoms with E-state index in [2.05, 4.69) is 10.1 Å². The van der Waals surface area contributed by atoms with Gasteiger partial charge in [-0.25, -0.2) is 8.42 Å². The van der Waals surface area contributed by atoms with Gasteiger partial charge < -0.3 is 10.1 Å². The lowest BCUT2D eigenvalue weighted by Crippen LogP contribution is -2.45. The number of rotatable bonds is 6. The largest absolute Gasteiger partial charge is 0.573 e. The molecule has 0 unspecified atom stereocenters. The van der Waals surface area contributed by atoms with E-state index in [0.717, 1.165) is 43.3 Å². The minimum atomic E-state index is -4.91. The number of benzene rings is 2. The summed E-state index contributed by atoms with van der Waals surface area (Å²) >= 11 is 5.55. The van der Waals surface area contributed by atoms with Crippen LogP contribution < -0.4 is 14.4 Å². The van der Waals surface area contributed by atoms with E-state index >= 15 is 0 Å². The van der Waals surface area contributed by atoms with E-state index in [1.54, 1.807) is 0 Å². The van der Waals surface area contributed by atoms with Gasteiger partial charge in [0, 0.05) is 5.69 Å². The number of halogens is 7. The van der Waals surface area contributed by atoms with Crippen molar-refractivity contribution in [3.05, 3.63) is 53.1 Å². The zero-order valence-corrected chi connectivity index (χ0v) is 17.8. The number of anilines is 2. The molecule has 2 aromatic rings. The quantitative estimate of drug-likeness (QED) is 0.559. The molecule has 0 saturated heterocycles. The zero-order valence-electron chi connectivity index (χ0n) is 16.3. The van der Waals surface area contributed by atoms with Gasteiger partial charge in [-0.15, -0.1) is 13.2 Å². The Morgan fingerprint density at radius 3 is 2.09 bits per heavy atom. The Kier molecular flexibility index (Phi) is 7.24. The second-order valence-electron chi connectivity index (χ2n) is 6.46. The third-order valence-corrected chi connectivity index (χ3v) is 5.52. The number of nitrogens with one attached hydrogen (secondary N) is 1. The van der Waals surface area contributed by atoms with Crippen LogP contribution in [0.25, 0.3) is 0 Å². The summed E-state index contributed by atoms with van der Waals surface area (Å²) in [6.07, 6.45) is -9.09. The molecular formula is C18H15ClF6N2O4S. The van der Waals surface area contributed by atoms with E-state index in [-0.39, 0.29) is 5.69 Å². The van der Waals surface area contributed by atoms with Crippen LogP contribution in [0.1, 0.15) is 12.5 Å². The van der Waals surface area contributed by atoms with E-state index < -0.39 is 56.5 Å². The molecule has 0 aliphatic heterocycles. The maximum absolute atomic E-state index is 13.2. The number of hydrogen-bond donors (Lipinski definition) is 1. The molecule has 0 bridgehead atoms. The van der Waals surface area contributed by atoms with Gasteiger partial charge in [0.25, 0.3) is 0 Å². The second-order valence-corrected chi connectivity index (χ2v) is 8.72. The number of sulfonamides is 1. The van der Waals surface area contributed by atoms with Crippen LogP contribution in [0, 0.1) is 0 Å². The zero-order chi connectivity index (χ0) is 24.5. The average Bonchev–Trinajstić information content (AvgIpc) is 2.61. The molecule has 0 radical (unpaired) electrons. The molecule has 32 heavy (non-hydrogen) atoms. The Bertz CT molecular complexity index is 1090. The summed E-state index contributed by atoms with van der Waals surface area (Å²) < 4.78 is 105. The number of alkyl halides is 6. The van der Waals surface area contributed by atoms with Crippen LogP contribution in [0.4, 0.5) is 37.7 Å². The van der Waals surface area contributed by atoms with Crippen LogP contribution in [-0.2, 0) is 21.0 Å². The lowest BCUT2D eigenvalue weighted by molar-refractivity contribution is -0.274. The van der Waals surface area contributed by atoms with Crippen molar-refractivity contribution in [2.45, 2.75) is 25.5 Å². The molecule has 14 heteroatoms. The Morgan fingerprint density at radius 1 is 1.06 bits per heavy atom. The monoisotopic (exact) mass is 504 g/mol. The van der Waals surface area contributed by atoms with E-state index in [4.69, 9.17) is 11.6 Å². The number of nitrogens with zero attached hydrogens (tertiary/aromatic N) is 1. The number of hydrogen-bond acceptors (Lipinski definition) is 4. The SMILES string of the molecule is C[C@@H](C(=O)Nc1ccc(OC(F)(F)F)cc1)N(c1ccc(Cl)c(C(F)(F)F)c1)S(C)(=O)=O. The molecular weight excluding hydrogens is 490 g/mol. The molecule has 0 aliphatic carbocycles. The summed E-state index contributed by atoms with van der Waals surface area (Å²) in [5.41, 5.74) is -1.75. The number of carbonyl (C=O) groups is 1. The molecule has 1 atom stereocenters. The smallest absolute Gasteiger partial charge is 0.406 e. The first-order chi connectivity index (χ1) is 14.5. The molecule has 2 rings (SSSR count). The van der Waals surface area contributed by atoms with Crippen LogP contribution in [0.2, 0.25) is 5.02 Å². The Hall–Kier alpha value is -2.67. The van der Waals surface area contributed by atoms with Gasteiger partial charge in [0.2, 0.25) is 15.9 Å². The number of carbonyl (C=O) groups excluding carboxylic acids is 1. The van der Waals surface area contributed by atoms with Crippen LogP contribution in [-0.4, -0.2) is 33.0 Å². The van der Waals surface area contributed by atoms with Gasteiger partial charge in [0.15, 0.2) is 0 Å².